The summed E-state index contributed by atoms with van der Waals surface area (Å²) in [5.74, 6) is 0.284. The summed E-state index contributed by atoms with van der Waals surface area (Å²) in [7, 11) is 0. The van der Waals surface area contributed by atoms with Gasteiger partial charge in [-0.1, -0.05) is 78.4 Å². The van der Waals surface area contributed by atoms with Gasteiger partial charge in [-0.05, 0) is 18.1 Å². The van der Waals surface area contributed by atoms with Crippen LogP contribution in [0.25, 0.3) is 6.08 Å². The summed E-state index contributed by atoms with van der Waals surface area (Å²) in [6, 6.07) is 20.9. The van der Waals surface area contributed by atoms with Crippen LogP contribution in [0.5, 0.6) is 0 Å². The minimum Gasteiger partial charge on any atom is -0.102 e. The van der Waals surface area contributed by atoms with Gasteiger partial charge >= 0.3 is 0 Å². The topological polar surface area (TPSA) is 0 Å². The molecule has 0 saturated carbocycles. The fraction of sp³-hybridized carbons (Fsp3) is 0.111. The van der Waals surface area contributed by atoms with Crippen LogP contribution in [0, 0.1) is 0 Å². The maximum absolute atomic E-state index is 3.96. The number of hydrogen-bond acceptors (Lipinski definition) is 0. The van der Waals surface area contributed by atoms with Gasteiger partial charge < -0.3 is 0 Å². The van der Waals surface area contributed by atoms with Gasteiger partial charge in [-0.3, -0.25) is 0 Å². The molecule has 0 bridgehead atoms. The Balaban J connectivity index is 2.29. The molecule has 0 heteroatoms. The molecule has 2 aromatic carbocycles. The average molecular weight is 234 g/mol. The molecular formula is C18H18. The van der Waals surface area contributed by atoms with E-state index in [-0.39, 0.29) is 5.92 Å². The minimum absolute atomic E-state index is 0.284. The van der Waals surface area contributed by atoms with Gasteiger partial charge in [0.15, 0.2) is 0 Å². The second kappa shape index (κ2) is 6.02. The largest absolute Gasteiger partial charge is 0.102 e. The number of benzene rings is 2. The lowest BCUT2D eigenvalue weighted by Crippen LogP contribution is -1.96. The smallest absolute Gasteiger partial charge is 0.0226 e. The lowest BCUT2D eigenvalue weighted by molar-refractivity contribution is 1.00. The first-order valence-electron chi connectivity index (χ1n) is 6.22. The average Bonchev–Trinajstić information content (AvgIpc) is 2.42. The zero-order valence-electron chi connectivity index (χ0n) is 10.7. The molecule has 2 rings (SSSR count). The molecule has 0 saturated heterocycles. The summed E-state index contributed by atoms with van der Waals surface area (Å²) < 4.78 is 0. The van der Waals surface area contributed by atoms with Crippen LogP contribution in [-0.2, 0) is 0 Å². The molecule has 0 radical (unpaired) electrons. The Hall–Kier alpha value is -2.08. The molecule has 0 spiro atoms. The Labute approximate surface area is 109 Å². The lowest BCUT2D eigenvalue weighted by atomic mass is 9.91. The molecule has 0 aromatic heterocycles. The van der Waals surface area contributed by atoms with Crippen LogP contribution >= 0.6 is 0 Å². The van der Waals surface area contributed by atoms with Gasteiger partial charge in [-0.2, -0.15) is 0 Å². The molecule has 0 N–H and O–H groups in total. The van der Waals surface area contributed by atoms with Crippen LogP contribution in [0.15, 0.2) is 78.9 Å². The van der Waals surface area contributed by atoms with Crippen molar-refractivity contribution in [2.45, 2.75) is 12.8 Å². The van der Waals surface area contributed by atoms with Crippen molar-refractivity contribution >= 4 is 6.08 Å². The maximum Gasteiger partial charge on any atom is 0.0226 e. The van der Waals surface area contributed by atoms with Gasteiger partial charge in [-0.25, -0.2) is 0 Å². The van der Waals surface area contributed by atoms with Crippen LogP contribution in [0.3, 0.4) is 0 Å². The van der Waals surface area contributed by atoms with Gasteiger partial charge in [0, 0.05) is 5.92 Å². The molecule has 1 atom stereocenters. The Morgan fingerprint density at radius 1 is 0.944 bits per heavy atom. The highest BCUT2D eigenvalue weighted by Gasteiger charge is 2.08. The Morgan fingerprint density at radius 2 is 1.50 bits per heavy atom. The Morgan fingerprint density at radius 3 is 2.06 bits per heavy atom. The van der Waals surface area contributed by atoms with E-state index in [1.54, 1.807) is 0 Å². The molecule has 18 heavy (non-hydrogen) atoms. The summed E-state index contributed by atoms with van der Waals surface area (Å²) in [5, 5.41) is 0. The lowest BCUT2D eigenvalue weighted by Gasteiger charge is -2.14. The molecule has 0 aliphatic rings. The van der Waals surface area contributed by atoms with E-state index in [9.17, 15) is 0 Å². The fourth-order valence-corrected chi connectivity index (χ4v) is 2.15. The van der Waals surface area contributed by atoms with E-state index in [0.29, 0.717) is 0 Å². The third-order valence-corrected chi connectivity index (χ3v) is 3.08. The highest BCUT2D eigenvalue weighted by molar-refractivity contribution is 5.55. The molecule has 0 aliphatic heterocycles. The molecule has 0 fully saturated rings. The minimum atomic E-state index is 0.284. The van der Waals surface area contributed by atoms with E-state index in [2.05, 4.69) is 68.1 Å². The summed E-state index contributed by atoms with van der Waals surface area (Å²) in [4.78, 5) is 0. The van der Waals surface area contributed by atoms with Crippen molar-refractivity contribution in [3.8, 4) is 0 Å². The second-order valence-corrected chi connectivity index (χ2v) is 4.42. The summed E-state index contributed by atoms with van der Waals surface area (Å²) in [6.45, 7) is 6.12. The van der Waals surface area contributed by atoms with E-state index >= 15 is 0 Å². The molecule has 90 valence electrons. The van der Waals surface area contributed by atoms with Crippen LogP contribution in [-0.4, -0.2) is 0 Å². The fourth-order valence-electron chi connectivity index (χ4n) is 2.15. The highest BCUT2D eigenvalue weighted by atomic mass is 14.1. The molecule has 2 aromatic rings. The quantitative estimate of drug-likeness (QED) is 0.649. The van der Waals surface area contributed by atoms with Gasteiger partial charge in [0.25, 0.3) is 0 Å². The zero-order valence-corrected chi connectivity index (χ0v) is 10.7. The van der Waals surface area contributed by atoms with E-state index < -0.39 is 0 Å². The maximum atomic E-state index is 3.96. The monoisotopic (exact) mass is 234 g/mol. The highest BCUT2D eigenvalue weighted by Crippen LogP contribution is 2.26. The van der Waals surface area contributed by atoms with E-state index in [1.165, 1.54) is 16.7 Å². The van der Waals surface area contributed by atoms with Crippen LogP contribution in [0.4, 0.5) is 0 Å². The van der Waals surface area contributed by atoms with Gasteiger partial charge in [-0.15, -0.1) is 6.58 Å². The second-order valence-electron chi connectivity index (χ2n) is 4.42. The number of rotatable bonds is 4. The van der Waals surface area contributed by atoms with Crippen molar-refractivity contribution < 1.29 is 0 Å². The van der Waals surface area contributed by atoms with Crippen molar-refractivity contribution in [3.05, 3.63) is 90.0 Å². The van der Waals surface area contributed by atoms with Crippen molar-refractivity contribution in [1.29, 1.82) is 0 Å². The summed E-state index contributed by atoms with van der Waals surface area (Å²) in [5.41, 5.74) is 3.83. The van der Waals surface area contributed by atoms with Crippen LogP contribution in [0.1, 0.15) is 24.0 Å². The molecule has 0 amide bonds. The van der Waals surface area contributed by atoms with Crippen LogP contribution < -0.4 is 0 Å². The first-order chi connectivity index (χ1) is 8.81. The van der Waals surface area contributed by atoms with Gasteiger partial charge in [0.2, 0.25) is 0 Å². The third-order valence-electron chi connectivity index (χ3n) is 3.08. The predicted molar refractivity (Wildman–Crippen MR) is 79.5 cm³/mol. The SMILES string of the molecule is C=CC(C(C)=Cc1ccccc1)c1ccccc1. The third kappa shape index (κ3) is 2.98. The molecule has 0 heterocycles. The van der Waals surface area contributed by atoms with E-state index in [4.69, 9.17) is 0 Å². The van der Waals surface area contributed by atoms with E-state index in [1.807, 2.05) is 18.2 Å². The number of allylic oxidation sites excluding steroid dienone is 2. The van der Waals surface area contributed by atoms with Crippen molar-refractivity contribution in [1.82, 2.24) is 0 Å². The van der Waals surface area contributed by atoms with Crippen molar-refractivity contribution in [2.24, 2.45) is 0 Å². The number of hydrogen-bond donors (Lipinski definition) is 0. The summed E-state index contributed by atoms with van der Waals surface area (Å²) >= 11 is 0. The van der Waals surface area contributed by atoms with Crippen LogP contribution in [0.2, 0.25) is 0 Å². The van der Waals surface area contributed by atoms with E-state index in [0.717, 1.165) is 0 Å². The summed E-state index contributed by atoms with van der Waals surface area (Å²) in [6.07, 6.45) is 4.23. The van der Waals surface area contributed by atoms with Crippen molar-refractivity contribution in [2.75, 3.05) is 0 Å². The Kier molecular flexibility index (Phi) is 4.14. The molecule has 1 unspecified atom stereocenters. The normalized spacial score (nSPS) is 13.1. The zero-order chi connectivity index (χ0) is 12.8. The van der Waals surface area contributed by atoms with Gasteiger partial charge in [0.1, 0.15) is 0 Å². The standard InChI is InChI=1S/C18H18/c1-3-18(17-12-8-5-9-13-17)15(2)14-16-10-6-4-7-11-16/h3-14,18H,1H2,2H3. The predicted octanol–water partition coefficient (Wildman–Crippen LogP) is 5.06. The molecular weight excluding hydrogens is 216 g/mol. The first kappa shape index (κ1) is 12.4. The molecule has 0 aliphatic carbocycles. The molecule has 0 nitrogen and oxygen atoms in total. The van der Waals surface area contributed by atoms with Gasteiger partial charge in [0.05, 0.1) is 0 Å². The van der Waals surface area contributed by atoms with Crippen molar-refractivity contribution in [3.63, 3.8) is 0 Å². The first-order valence-corrected chi connectivity index (χ1v) is 6.22. The Bertz CT molecular complexity index is 520.